The number of rotatable bonds is 10. The topological polar surface area (TPSA) is 102 Å². The summed E-state index contributed by atoms with van der Waals surface area (Å²) in [7, 11) is 0. The van der Waals surface area contributed by atoms with Crippen LogP contribution in [0, 0.1) is 0 Å². The first-order valence-electron chi connectivity index (χ1n) is 10.1. The molecular formula is C23H27N5O2S. The van der Waals surface area contributed by atoms with Crippen molar-refractivity contribution in [3.63, 3.8) is 0 Å². The van der Waals surface area contributed by atoms with Crippen LogP contribution in [0.4, 0.5) is 5.69 Å². The Morgan fingerprint density at radius 3 is 2.61 bits per heavy atom. The number of benzene rings is 1. The summed E-state index contributed by atoms with van der Waals surface area (Å²) in [6.07, 6.45) is 0.940. The molecule has 0 aliphatic rings. The van der Waals surface area contributed by atoms with Crippen molar-refractivity contribution in [1.29, 1.82) is 0 Å². The van der Waals surface area contributed by atoms with E-state index >= 15 is 0 Å². The maximum absolute atomic E-state index is 12.6. The van der Waals surface area contributed by atoms with E-state index in [1.807, 2.05) is 60.7 Å². The zero-order valence-electron chi connectivity index (χ0n) is 17.4. The first-order valence-corrected chi connectivity index (χ1v) is 10.7. The summed E-state index contributed by atoms with van der Waals surface area (Å²) in [4.78, 5) is 21.4. The summed E-state index contributed by atoms with van der Waals surface area (Å²) in [5, 5.41) is 6.08. The van der Waals surface area contributed by atoms with Crippen LogP contribution in [0.3, 0.4) is 0 Å². The van der Waals surface area contributed by atoms with Gasteiger partial charge >= 0.3 is 0 Å². The third kappa shape index (κ3) is 6.70. The SMILES string of the molecule is C[C@@H](Oc1nc(-c2ccccc2)ccc1NCC(N)CS)C(=O)NCc1ccccn1. The second kappa shape index (κ2) is 11.3. The van der Waals surface area contributed by atoms with Crippen LogP contribution in [-0.4, -0.2) is 40.3 Å². The Labute approximate surface area is 187 Å². The molecule has 162 valence electrons. The molecule has 0 radical (unpaired) electrons. The Hall–Kier alpha value is -3.10. The molecule has 7 nitrogen and oxygen atoms in total. The van der Waals surface area contributed by atoms with E-state index in [0.29, 0.717) is 30.4 Å². The second-order valence-electron chi connectivity index (χ2n) is 7.04. The molecule has 1 amide bonds. The van der Waals surface area contributed by atoms with Gasteiger partial charge in [-0.1, -0.05) is 36.4 Å². The molecule has 0 aliphatic carbocycles. The number of amides is 1. The molecule has 2 atom stereocenters. The Morgan fingerprint density at radius 1 is 1.13 bits per heavy atom. The van der Waals surface area contributed by atoms with E-state index in [9.17, 15) is 4.79 Å². The molecule has 1 unspecified atom stereocenters. The molecule has 0 fully saturated rings. The van der Waals surface area contributed by atoms with Gasteiger partial charge in [-0.05, 0) is 31.2 Å². The van der Waals surface area contributed by atoms with Gasteiger partial charge in [0.1, 0.15) is 0 Å². The number of pyridine rings is 2. The Balaban J connectivity index is 1.74. The molecule has 4 N–H and O–H groups in total. The predicted octanol–water partition coefficient (Wildman–Crippen LogP) is 2.90. The number of nitrogens with one attached hydrogen (secondary N) is 2. The average molecular weight is 438 g/mol. The Morgan fingerprint density at radius 2 is 1.90 bits per heavy atom. The van der Waals surface area contributed by atoms with Crippen LogP contribution in [0.2, 0.25) is 0 Å². The van der Waals surface area contributed by atoms with Crippen LogP contribution in [-0.2, 0) is 11.3 Å². The van der Waals surface area contributed by atoms with Crippen molar-refractivity contribution in [3.05, 3.63) is 72.6 Å². The standard InChI is InChI=1S/C23H27N5O2S/c1-16(22(29)27-14-19-9-5-6-12-25-19)30-23-21(26-13-18(24)15-31)11-10-20(28-23)17-7-3-2-4-8-17/h2-12,16,18,26,31H,13-15,24H2,1H3,(H,27,29)/t16-,18?/m1/s1. The van der Waals surface area contributed by atoms with E-state index in [2.05, 4.69) is 33.2 Å². The highest BCUT2D eigenvalue weighted by Gasteiger charge is 2.18. The molecule has 0 bridgehead atoms. The molecule has 3 aromatic rings. The van der Waals surface area contributed by atoms with Crippen LogP contribution < -0.4 is 21.1 Å². The fraction of sp³-hybridized carbons (Fsp3) is 0.261. The summed E-state index contributed by atoms with van der Waals surface area (Å²) < 4.78 is 5.96. The molecular weight excluding hydrogens is 410 g/mol. The van der Waals surface area contributed by atoms with Gasteiger partial charge < -0.3 is 21.1 Å². The second-order valence-corrected chi connectivity index (χ2v) is 7.40. The Bertz CT molecular complexity index is 972. The molecule has 31 heavy (non-hydrogen) atoms. The van der Waals surface area contributed by atoms with Gasteiger partial charge in [-0.2, -0.15) is 12.6 Å². The van der Waals surface area contributed by atoms with Gasteiger partial charge in [0.05, 0.1) is 23.6 Å². The van der Waals surface area contributed by atoms with Gasteiger partial charge in [0.25, 0.3) is 5.91 Å². The van der Waals surface area contributed by atoms with Crippen molar-refractivity contribution in [3.8, 4) is 17.1 Å². The summed E-state index contributed by atoms with van der Waals surface area (Å²) in [6.45, 7) is 2.52. The summed E-state index contributed by atoms with van der Waals surface area (Å²) in [5.41, 5.74) is 9.11. The van der Waals surface area contributed by atoms with Gasteiger partial charge in [-0.25, -0.2) is 4.98 Å². The van der Waals surface area contributed by atoms with Crippen molar-refractivity contribution in [2.24, 2.45) is 5.73 Å². The highest BCUT2D eigenvalue weighted by molar-refractivity contribution is 7.80. The number of anilines is 1. The van der Waals surface area contributed by atoms with Crippen molar-refractivity contribution in [2.45, 2.75) is 25.6 Å². The normalized spacial score (nSPS) is 12.6. The first-order chi connectivity index (χ1) is 15.1. The van der Waals surface area contributed by atoms with Crippen LogP contribution in [0.15, 0.2) is 66.9 Å². The number of nitrogens with two attached hydrogens (primary N) is 1. The molecule has 3 rings (SSSR count). The summed E-state index contributed by atoms with van der Waals surface area (Å²) in [5.74, 6) is 0.634. The highest BCUT2D eigenvalue weighted by atomic mass is 32.1. The molecule has 0 aliphatic heterocycles. The molecule has 8 heteroatoms. The average Bonchev–Trinajstić information content (AvgIpc) is 2.82. The van der Waals surface area contributed by atoms with Gasteiger partial charge in [-0.3, -0.25) is 9.78 Å². The number of carbonyl (C=O) groups is 1. The lowest BCUT2D eigenvalue weighted by Gasteiger charge is -2.19. The van der Waals surface area contributed by atoms with E-state index in [0.717, 1.165) is 17.0 Å². The predicted molar refractivity (Wildman–Crippen MR) is 126 cm³/mol. The van der Waals surface area contributed by atoms with Crippen molar-refractivity contribution in [1.82, 2.24) is 15.3 Å². The van der Waals surface area contributed by atoms with Crippen LogP contribution in [0.1, 0.15) is 12.6 Å². The number of thiol groups is 1. The summed E-state index contributed by atoms with van der Waals surface area (Å²) >= 11 is 4.22. The molecule has 1 aromatic carbocycles. The fourth-order valence-corrected chi connectivity index (χ4v) is 2.91. The minimum Gasteiger partial charge on any atom is -0.463 e. The number of nitrogens with zero attached hydrogens (tertiary/aromatic N) is 2. The molecule has 0 saturated carbocycles. The fourth-order valence-electron chi connectivity index (χ4n) is 2.79. The van der Waals surface area contributed by atoms with Crippen LogP contribution in [0.5, 0.6) is 5.88 Å². The number of aromatic nitrogens is 2. The Kier molecular flexibility index (Phi) is 8.26. The minimum atomic E-state index is -0.749. The lowest BCUT2D eigenvalue weighted by Crippen LogP contribution is -2.36. The van der Waals surface area contributed by atoms with E-state index in [1.165, 1.54) is 0 Å². The smallest absolute Gasteiger partial charge is 0.261 e. The number of hydrogen-bond donors (Lipinski definition) is 4. The lowest BCUT2D eigenvalue weighted by molar-refractivity contribution is -0.127. The third-order valence-electron chi connectivity index (χ3n) is 4.55. The molecule has 2 aromatic heterocycles. The maximum Gasteiger partial charge on any atom is 0.261 e. The zero-order chi connectivity index (χ0) is 22.1. The van der Waals surface area contributed by atoms with Gasteiger partial charge in [0.2, 0.25) is 5.88 Å². The van der Waals surface area contributed by atoms with Gasteiger partial charge in [0, 0.05) is 30.1 Å². The van der Waals surface area contributed by atoms with E-state index in [-0.39, 0.29) is 11.9 Å². The zero-order valence-corrected chi connectivity index (χ0v) is 18.3. The highest BCUT2D eigenvalue weighted by Crippen LogP contribution is 2.28. The van der Waals surface area contributed by atoms with E-state index < -0.39 is 6.10 Å². The van der Waals surface area contributed by atoms with Crippen molar-refractivity contribution >= 4 is 24.2 Å². The lowest BCUT2D eigenvalue weighted by atomic mass is 10.1. The minimum absolute atomic E-state index is 0.121. The maximum atomic E-state index is 12.6. The van der Waals surface area contributed by atoms with Crippen LogP contribution in [0.25, 0.3) is 11.3 Å². The first kappa shape index (κ1) is 22.6. The summed E-state index contributed by atoms with van der Waals surface area (Å²) in [6, 6.07) is 19.0. The molecule has 0 spiro atoms. The molecule has 2 heterocycles. The van der Waals surface area contributed by atoms with E-state index in [4.69, 9.17) is 10.5 Å². The number of ether oxygens (including phenoxy) is 1. The third-order valence-corrected chi connectivity index (χ3v) is 5.02. The number of carbonyl (C=O) groups excluding carboxylic acids is 1. The van der Waals surface area contributed by atoms with Gasteiger partial charge in [-0.15, -0.1) is 0 Å². The monoisotopic (exact) mass is 437 g/mol. The van der Waals surface area contributed by atoms with E-state index in [1.54, 1.807) is 13.1 Å². The molecule has 0 saturated heterocycles. The largest absolute Gasteiger partial charge is 0.463 e. The quantitative estimate of drug-likeness (QED) is 0.364. The van der Waals surface area contributed by atoms with Gasteiger partial charge in [0.15, 0.2) is 6.10 Å². The van der Waals surface area contributed by atoms with Crippen LogP contribution >= 0.6 is 12.6 Å². The van der Waals surface area contributed by atoms with Crippen molar-refractivity contribution < 1.29 is 9.53 Å². The number of hydrogen-bond acceptors (Lipinski definition) is 7. The van der Waals surface area contributed by atoms with Crippen molar-refractivity contribution in [2.75, 3.05) is 17.6 Å².